The summed E-state index contributed by atoms with van der Waals surface area (Å²) in [6, 6.07) is 0. The van der Waals surface area contributed by atoms with Crippen LogP contribution in [0.5, 0.6) is 0 Å². The molecule has 1 rings (SSSR count). The first-order valence-electron chi connectivity index (χ1n) is 4.35. The maximum Gasteiger partial charge on any atom is 0.284 e. The summed E-state index contributed by atoms with van der Waals surface area (Å²) >= 11 is 0. The molecule has 0 aromatic heterocycles. The molecular formula is C10H11NO3. The fraction of sp³-hybridized carbons (Fsp3) is 0.300. The Bertz CT molecular complexity index is 315. The maximum atomic E-state index is 10.6. The van der Waals surface area contributed by atoms with Gasteiger partial charge in [0.1, 0.15) is 6.29 Å². The summed E-state index contributed by atoms with van der Waals surface area (Å²) in [4.78, 5) is 31.2. The van der Waals surface area contributed by atoms with Gasteiger partial charge in [0.2, 0.25) is 6.29 Å². The first-order chi connectivity index (χ1) is 6.77. The van der Waals surface area contributed by atoms with E-state index >= 15 is 0 Å². The van der Waals surface area contributed by atoms with Crippen LogP contribution in [-0.4, -0.2) is 25.0 Å². The number of carbonyl (C=O) groups excluding carboxylic acids is 3. The summed E-state index contributed by atoms with van der Waals surface area (Å²) in [6.07, 6.45) is 6.42. The van der Waals surface area contributed by atoms with Gasteiger partial charge in [0.05, 0.1) is 0 Å². The van der Waals surface area contributed by atoms with Crippen LogP contribution in [0, 0.1) is 0 Å². The van der Waals surface area contributed by atoms with Crippen LogP contribution in [0.2, 0.25) is 0 Å². The van der Waals surface area contributed by atoms with Gasteiger partial charge in [-0.1, -0.05) is 12.2 Å². The summed E-state index contributed by atoms with van der Waals surface area (Å²) in [5.74, 6) is -0.665. The van der Waals surface area contributed by atoms with Gasteiger partial charge in [0.15, 0.2) is 0 Å². The van der Waals surface area contributed by atoms with Gasteiger partial charge in [-0.05, 0) is 18.4 Å². The lowest BCUT2D eigenvalue weighted by molar-refractivity contribution is -0.131. The molecule has 0 saturated heterocycles. The predicted molar refractivity (Wildman–Crippen MR) is 50.5 cm³/mol. The van der Waals surface area contributed by atoms with E-state index < -0.39 is 5.91 Å². The van der Waals surface area contributed by atoms with Gasteiger partial charge < -0.3 is 5.32 Å². The normalized spacial score (nSPS) is 15.1. The van der Waals surface area contributed by atoms with E-state index in [1.54, 1.807) is 0 Å². The van der Waals surface area contributed by atoms with Crippen LogP contribution in [0.15, 0.2) is 23.3 Å². The Kier molecular flexibility index (Phi) is 3.79. The van der Waals surface area contributed by atoms with Crippen molar-refractivity contribution in [3.8, 4) is 0 Å². The Balaban J connectivity index is 2.55. The van der Waals surface area contributed by atoms with Crippen molar-refractivity contribution in [3.05, 3.63) is 23.3 Å². The standard InChI is InChI=1S/C10H11NO3/c12-6-9-4-2-1-3-8(9)5-11-10(14)7-13/h3-4,6-7H,1-2,5H2,(H,11,14). The molecule has 14 heavy (non-hydrogen) atoms. The van der Waals surface area contributed by atoms with Gasteiger partial charge in [0.25, 0.3) is 5.91 Å². The third kappa shape index (κ3) is 2.65. The second-order valence-electron chi connectivity index (χ2n) is 2.92. The fourth-order valence-electron chi connectivity index (χ4n) is 1.27. The SMILES string of the molecule is O=CC(=O)NCC1=CCCC=C1C=O. The zero-order chi connectivity index (χ0) is 10.4. The average molecular weight is 193 g/mol. The van der Waals surface area contributed by atoms with Crippen molar-refractivity contribution in [3.63, 3.8) is 0 Å². The van der Waals surface area contributed by atoms with Gasteiger partial charge in [-0.3, -0.25) is 14.4 Å². The van der Waals surface area contributed by atoms with Crippen molar-refractivity contribution in [2.45, 2.75) is 12.8 Å². The fourth-order valence-corrected chi connectivity index (χ4v) is 1.27. The first-order valence-corrected chi connectivity index (χ1v) is 4.35. The molecule has 4 heteroatoms. The summed E-state index contributed by atoms with van der Waals surface area (Å²) in [7, 11) is 0. The molecule has 74 valence electrons. The molecule has 0 aliphatic heterocycles. The predicted octanol–water partition coefficient (Wildman–Crippen LogP) is 0.147. The molecule has 0 unspecified atom stereocenters. The van der Waals surface area contributed by atoms with E-state index in [4.69, 9.17) is 0 Å². The molecule has 0 aromatic carbocycles. The number of hydrogen-bond donors (Lipinski definition) is 1. The number of allylic oxidation sites excluding steroid dienone is 2. The van der Waals surface area contributed by atoms with Gasteiger partial charge >= 0.3 is 0 Å². The quantitative estimate of drug-likeness (QED) is 0.510. The molecule has 0 atom stereocenters. The minimum atomic E-state index is -0.665. The highest BCUT2D eigenvalue weighted by atomic mass is 16.2. The molecule has 0 fully saturated rings. The zero-order valence-electron chi connectivity index (χ0n) is 7.66. The van der Waals surface area contributed by atoms with E-state index in [2.05, 4.69) is 5.32 Å². The highest BCUT2D eigenvalue weighted by Crippen LogP contribution is 2.15. The van der Waals surface area contributed by atoms with Crippen LogP contribution < -0.4 is 5.32 Å². The number of amides is 1. The molecule has 4 nitrogen and oxygen atoms in total. The van der Waals surface area contributed by atoms with E-state index in [1.165, 1.54) is 0 Å². The molecule has 1 amide bonds. The Hall–Kier alpha value is -1.71. The second-order valence-corrected chi connectivity index (χ2v) is 2.92. The Morgan fingerprint density at radius 3 is 2.71 bits per heavy atom. The van der Waals surface area contributed by atoms with Crippen LogP contribution in [0.3, 0.4) is 0 Å². The number of rotatable bonds is 4. The van der Waals surface area contributed by atoms with E-state index in [0.29, 0.717) is 5.57 Å². The largest absolute Gasteiger partial charge is 0.346 e. The lowest BCUT2D eigenvalue weighted by atomic mass is 9.99. The second kappa shape index (κ2) is 5.11. The Morgan fingerprint density at radius 1 is 1.36 bits per heavy atom. The number of nitrogens with one attached hydrogen (secondary N) is 1. The van der Waals surface area contributed by atoms with Crippen molar-refractivity contribution in [1.82, 2.24) is 5.32 Å². The van der Waals surface area contributed by atoms with Gasteiger partial charge in [-0.2, -0.15) is 0 Å². The highest BCUT2D eigenvalue weighted by Gasteiger charge is 2.08. The summed E-state index contributed by atoms with van der Waals surface area (Å²) < 4.78 is 0. The molecule has 0 saturated carbocycles. The van der Waals surface area contributed by atoms with Gasteiger partial charge in [-0.15, -0.1) is 0 Å². The topological polar surface area (TPSA) is 63.2 Å². The minimum Gasteiger partial charge on any atom is -0.346 e. The van der Waals surface area contributed by atoms with Crippen LogP contribution in [0.4, 0.5) is 0 Å². The lowest BCUT2D eigenvalue weighted by Crippen LogP contribution is -2.27. The highest BCUT2D eigenvalue weighted by molar-refractivity contribution is 6.23. The van der Waals surface area contributed by atoms with E-state index in [1.807, 2.05) is 12.2 Å². The third-order valence-electron chi connectivity index (χ3n) is 1.98. The van der Waals surface area contributed by atoms with Gasteiger partial charge in [-0.25, -0.2) is 0 Å². The number of hydrogen-bond acceptors (Lipinski definition) is 3. The average Bonchev–Trinajstić information content (AvgIpc) is 2.26. The molecule has 0 radical (unpaired) electrons. The lowest BCUT2D eigenvalue weighted by Gasteiger charge is -2.11. The molecule has 0 bridgehead atoms. The molecule has 1 aliphatic carbocycles. The van der Waals surface area contributed by atoms with Crippen molar-refractivity contribution >= 4 is 18.5 Å². The van der Waals surface area contributed by atoms with Gasteiger partial charge in [0, 0.05) is 12.1 Å². The molecule has 0 aromatic rings. The van der Waals surface area contributed by atoms with Crippen molar-refractivity contribution < 1.29 is 14.4 Å². The Morgan fingerprint density at radius 2 is 2.07 bits per heavy atom. The van der Waals surface area contributed by atoms with E-state index in [-0.39, 0.29) is 12.8 Å². The molecule has 0 spiro atoms. The third-order valence-corrected chi connectivity index (χ3v) is 1.98. The maximum absolute atomic E-state index is 10.6. The van der Waals surface area contributed by atoms with Crippen LogP contribution >= 0.6 is 0 Å². The number of carbonyl (C=O) groups is 3. The molecular weight excluding hydrogens is 182 g/mol. The number of aldehydes is 2. The minimum absolute atomic E-state index is 0.216. The summed E-state index contributed by atoms with van der Waals surface area (Å²) in [6.45, 7) is 0.238. The Labute approximate surface area is 81.7 Å². The molecule has 1 N–H and O–H groups in total. The monoisotopic (exact) mass is 193 g/mol. The zero-order valence-corrected chi connectivity index (χ0v) is 7.66. The summed E-state index contributed by atoms with van der Waals surface area (Å²) in [5, 5.41) is 2.39. The van der Waals surface area contributed by atoms with Crippen molar-refractivity contribution in [1.29, 1.82) is 0 Å². The first kappa shape index (κ1) is 10.4. The van der Waals surface area contributed by atoms with E-state index in [9.17, 15) is 14.4 Å². The van der Waals surface area contributed by atoms with Crippen LogP contribution in [-0.2, 0) is 14.4 Å². The van der Waals surface area contributed by atoms with Crippen molar-refractivity contribution in [2.24, 2.45) is 0 Å². The van der Waals surface area contributed by atoms with E-state index in [0.717, 1.165) is 24.7 Å². The van der Waals surface area contributed by atoms with Crippen LogP contribution in [0.1, 0.15) is 12.8 Å². The van der Waals surface area contributed by atoms with Crippen LogP contribution in [0.25, 0.3) is 0 Å². The molecule has 1 aliphatic rings. The summed E-state index contributed by atoms with van der Waals surface area (Å²) in [5.41, 5.74) is 1.38. The molecule has 0 heterocycles. The van der Waals surface area contributed by atoms with Crippen molar-refractivity contribution in [2.75, 3.05) is 6.54 Å². The smallest absolute Gasteiger partial charge is 0.284 e.